The SMILES string of the molecule is CCC(c1ccc2c(c1)O/C(=C/c1ccccn1)[N-]2)C(C)C.OC(c1ccccn1)(C(F)(F)F)C(F)(F)F.[Ir]. The second-order valence-corrected chi connectivity index (χ2v) is 8.86. The number of alkyl halides is 6. The number of aliphatic hydroxyl groups is 1. The van der Waals surface area contributed by atoms with Gasteiger partial charge in [0, 0.05) is 38.4 Å². The summed E-state index contributed by atoms with van der Waals surface area (Å²) >= 11 is 0. The molecule has 1 radical (unpaired) electrons. The Morgan fingerprint density at radius 1 is 0.923 bits per heavy atom. The Kier molecular flexibility index (Phi) is 10.7. The molecular formula is C27H26F6IrN3O2-. The molecule has 2 aromatic heterocycles. The van der Waals surface area contributed by atoms with Crippen LogP contribution in [0.3, 0.4) is 0 Å². The quantitative estimate of drug-likeness (QED) is 0.270. The van der Waals surface area contributed by atoms with Crippen LogP contribution < -0.4 is 4.74 Å². The van der Waals surface area contributed by atoms with Crippen LogP contribution in [0.15, 0.2) is 72.9 Å². The van der Waals surface area contributed by atoms with E-state index < -0.39 is 23.6 Å². The zero-order chi connectivity index (χ0) is 28.1. The molecule has 3 heterocycles. The Balaban J connectivity index is 0.000000281. The molecule has 0 spiro atoms. The first kappa shape index (κ1) is 32.3. The van der Waals surface area contributed by atoms with E-state index in [1.54, 1.807) is 6.20 Å². The molecule has 0 saturated heterocycles. The molecule has 39 heavy (non-hydrogen) atoms. The van der Waals surface area contributed by atoms with Gasteiger partial charge >= 0.3 is 12.4 Å². The smallest absolute Gasteiger partial charge is 0.432 e. The molecule has 3 aromatic rings. The number of hydrogen-bond acceptors (Lipinski definition) is 4. The molecule has 1 aliphatic rings. The van der Waals surface area contributed by atoms with Crippen LogP contribution in [0.1, 0.15) is 50.1 Å². The number of benzene rings is 1. The number of pyridine rings is 2. The molecule has 4 rings (SSSR count). The molecule has 0 amide bonds. The molecule has 1 atom stereocenters. The first-order valence-corrected chi connectivity index (χ1v) is 11.7. The summed E-state index contributed by atoms with van der Waals surface area (Å²) in [5, 5.41) is 13.4. The van der Waals surface area contributed by atoms with Gasteiger partial charge in [-0.25, -0.2) is 0 Å². The summed E-state index contributed by atoms with van der Waals surface area (Å²) in [6.07, 6.45) is -6.29. The summed E-state index contributed by atoms with van der Waals surface area (Å²) in [4.78, 5) is 7.16. The van der Waals surface area contributed by atoms with Crippen molar-refractivity contribution in [3.05, 3.63) is 95.1 Å². The van der Waals surface area contributed by atoms with Gasteiger partial charge in [-0.3, -0.25) is 9.97 Å². The van der Waals surface area contributed by atoms with Crippen molar-refractivity contribution in [2.45, 2.75) is 51.1 Å². The Labute approximate surface area is 235 Å². The number of nitrogens with zero attached hydrogens (tertiary/aromatic N) is 3. The van der Waals surface area contributed by atoms with Gasteiger partial charge in [0.25, 0.3) is 5.60 Å². The molecule has 0 saturated carbocycles. The summed E-state index contributed by atoms with van der Waals surface area (Å²) in [5.74, 6) is 2.62. The second kappa shape index (κ2) is 12.9. The maximum absolute atomic E-state index is 12.3. The Hall–Kier alpha value is -2.95. The first-order valence-electron chi connectivity index (χ1n) is 11.7. The van der Waals surface area contributed by atoms with Crippen LogP contribution in [0.4, 0.5) is 32.0 Å². The van der Waals surface area contributed by atoms with Crippen molar-refractivity contribution in [2.75, 3.05) is 0 Å². The minimum atomic E-state index is -5.89. The summed E-state index contributed by atoms with van der Waals surface area (Å²) in [5.41, 5.74) is -3.38. The van der Waals surface area contributed by atoms with Crippen molar-refractivity contribution in [1.29, 1.82) is 0 Å². The van der Waals surface area contributed by atoms with Crippen LogP contribution in [-0.4, -0.2) is 27.4 Å². The number of rotatable bonds is 5. The van der Waals surface area contributed by atoms with Crippen LogP contribution in [0, 0.1) is 5.92 Å². The third kappa shape index (κ3) is 7.37. The Morgan fingerprint density at radius 2 is 1.54 bits per heavy atom. The van der Waals surface area contributed by atoms with Gasteiger partial charge in [0.05, 0.1) is 11.4 Å². The minimum absolute atomic E-state index is 0. The van der Waals surface area contributed by atoms with Crippen LogP contribution in [0.2, 0.25) is 0 Å². The monoisotopic (exact) mass is 731 g/mol. The van der Waals surface area contributed by atoms with Gasteiger partial charge in [0.15, 0.2) is 0 Å². The van der Waals surface area contributed by atoms with Crippen molar-refractivity contribution >= 4 is 11.8 Å². The summed E-state index contributed by atoms with van der Waals surface area (Å²) < 4.78 is 79.5. The fourth-order valence-corrected chi connectivity index (χ4v) is 3.96. The van der Waals surface area contributed by atoms with Crippen molar-refractivity contribution < 1.29 is 56.3 Å². The zero-order valence-corrected chi connectivity index (χ0v) is 23.5. The van der Waals surface area contributed by atoms with Crippen LogP contribution in [0.5, 0.6) is 5.75 Å². The van der Waals surface area contributed by atoms with Gasteiger partial charge in [-0.15, -0.1) is 0 Å². The van der Waals surface area contributed by atoms with E-state index in [4.69, 9.17) is 9.84 Å². The van der Waals surface area contributed by atoms with Gasteiger partial charge in [-0.2, -0.15) is 26.3 Å². The zero-order valence-electron chi connectivity index (χ0n) is 21.1. The fourth-order valence-electron chi connectivity index (χ4n) is 3.96. The van der Waals surface area contributed by atoms with E-state index >= 15 is 0 Å². The fraction of sp³-hybridized carbons (Fsp3) is 0.333. The van der Waals surface area contributed by atoms with Crippen LogP contribution in [0.25, 0.3) is 11.4 Å². The maximum Gasteiger partial charge on any atom is 0.432 e. The predicted octanol–water partition coefficient (Wildman–Crippen LogP) is 8.02. The summed E-state index contributed by atoms with van der Waals surface area (Å²) in [6, 6.07) is 14.7. The standard InChI is InChI=1S/C19H21N2O.C8H5F6NO.Ir/c1-4-16(13(2)3)14-8-9-17-18(11-14)22-19(21-17)12-15-7-5-6-10-20-15;9-7(10,11)6(16,8(12,13)14)5-3-1-2-4-15-5;/h5-13,16H,4H2,1-3H3;1-4,16H;/q-1;;/b19-12+;;. The average molecular weight is 731 g/mol. The van der Waals surface area contributed by atoms with Crippen molar-refractivity contribution in [3.63, 3.8) is 0 Å². The largest absolute Gasteiger partial charge is 0.624 e. The van der Waals surface area contributed by atoms with Crippen molar-refractivity contribution in [3.8, 4) is 5.75 Å². The Bertz CT molecular complexity index is 1220. The van der Waals surface area contributed by atoms with E-state index in [1.165, 1.54) is 5.56 Å². The van der Waals surface area contributed by atoms with E-state index in [9.17, 15) is 26.3 Å². The number of hydrogen-bond donors (Lipinski definition) is 1. The predicted molar refractivity (Wildman–Crippen MR) is 130 cm³/mol. The van der Waals surface area contributed by atoms with E-state index in [1.807, 2.05) is 24.3 Å². The number of fused-ring (bicyclic) bond motifs is 1. The van der Waals surface area contributed by atoms with Crippen molar-refractivity contribution in [1.82, 2.24) is 9.97 Å². The van der Waals surface area contributed by atoms with E-state index in [2.05, 4.69) is 54.3 Å². The van der Waals surface area contributed by atoms with Crippen LogP contribution >= 0.6 is 0 Å². The third-order valence-electron chi connectivity index (χ3n) is 5.92. The summed E-state index contributed by atoms with van der Waals surface area (Å²) in [7, 11) is 0. The average Bonchev–Trinajstić information content (AvgIpc) is 3.25. The molecule has 0 fully saturated rings. The normalized spacial score (nSPS) is 14.9. The maximum atomic E-state index is 12.3. The molecule has 1 unspecified atom stereocenters. The molecule has 5 nitrogen and oxygen atoms in total. The van der Waals surface area contributed by atoms with Gasteiger partial charge in [-0.1, -0.05) is 50.7 Å². The number of aromatic nitrogens is 2. The van der Waals surface area contributed by atoms with Crippen molar-refractivity contribution in [2.24, 2.45) is 5.92 Å². The van der Waals surface area contributed by atoms with Gasteiger partial charge in [0.2, 0.25) is 0 Å². The molecular weight excluding hydrogens is 705 g/mol. The Morgan fingerprint density at radius 3 is 2.03 bits per heavy atom. The minimum Gasteiger partial charge on any atom is -0.624 e. The van der Waals surface area contributed by atoms with Gasteiger partial charge in [0.1, 0.15) is 5.75 Å². The molecule has 1 aromatic carbocycles. The molecule has 1 aliphatic heterocycles. The van der Waals surface area contributed by atoms with Crippen LogP contribution in [-0.2, 0) is 25.7 Å². The topological polar surface area (TPSA) is 69.3 Å². The summed E-state index contributed by atoms with van der Waals surface area (Å²) in [6.45, 7) is 6.76. The molecule has 0 aliphatic carbocycles. The third-order valence-corrected chi connectivity index (χ3v) is 5.92. The van der Waals surface area contributed by atoms with E-state index in [0.29, 0.717) is 23.8 Å². The number of ether oxygens (including phenoxy) is 1. The molecule has 0 bridgehead atoms. The first-order chi connectivity index (χ1) is 17.8. The molecule has 213 valence electrons. The van der Waals surface area contributed by atoms with Gasteiger partial charge < -0.3 is 15.2 Å². The molecule has 1 N–H and O–H groups in total. The second-order valence-electron chi connectivity index (χ2n) is 8.86. The van der Waals surface area contributed by atoms with E-state index in [0.717, 1.165) is 41.9 Å². The number of halogens is 6. The van der Waals surface area contributed by atoms with E-state index in [-0.39, 0.29) is 20.1 Å². The molecule has 12 heteroatoms. The van der Waals surface area contributed by atoms with Gasteiger partial charge in [-0.05, 0) is 60.2 Å².